The van der Waals surface area contributed by atoms with Gasteiger partial charge in [0.2, 0.25) is 5.91 Å². The second-order valence-electron chi connectivity index (χ2n) is 9.00. The standard InChI is InChI=1S/C23H36F2N2O3/c1-27(2,3)17-19(16-22(29)30)26-21(28)15-10-8-6-4-5-7-9-12-18-13-11-14-20(24)23(18)25/h11,13-14,19H,4-10,12,15-17H2,1-3H3,(H-,26,28,29,30). The summed E-state index contributed by atoms with van der Waals surface area (Å²) in [5.41, 5.74) is 0.434. The van der Waals surface area contributed by atoms with Gasteiger partial charge in [-0.05, 0) is 30.9 Å². The molecule has 0 fully saturated rings. The molecule has 0 bridgehead atoms. The molecule has 0 aromatic heterocycles. The first-order chi connectivity index (χ1) is 14.1. The van der Waals surface area contributed by atoms with Gasteiger partial charge in [-0.15, -0.1) is 0 Å². The summed E-state index contributed by atoms with van der Waals surface area (Å²) in [7, 11) is 5.84. The molecule has 0 saturated heterocycles. The van der Waals surface area contributed by atoms with E-state index in [-0.39, 0.29) is 12.3 Å². The number of rotatable bonds is 15. The number of nitrogens with one attached hydrogen (secondary N) is 1. The number of carboxylic acids is 1. The Morgan fingerprint density at radius 2 is 1.60 bits per heavy atom. The normalized spacial score (nSPS) is 12.6. The Labute approximate surface area is 179 Å². The molecule has 0 spiro atoms. The Balaban J connectivity index is 2.11. The van der Waals surface area contributed by atoms with Gasteiger partial charge in [0.1, 0.15) is 0 Å². The summed E-state index contributed by atoms with van der Waals surface area (Å²) in [5, 5.41) is 13.7. The Bertz CT molecular complexity index is 675. The number of aliphatic carboxylic acids is 1. The molecule has 0 heterocycles. The van der Waals surface area contributed by atoms with Crippen molar-refractivity contribution in [3.8, 4) is 0 Å². The molecule has 1 amide bonds. The van der Waals surface area contributed by atoms with Crippen LogP contribution in [0.4, 0.5) is 8.78 Å². The topological polar surface area (TPSA) is 69.2 Å². The van der Waals surface area contributed by atoms with E-state index < -0.39 is 23.6 Å². The van der Waals surface area contributed by atoms with Gasteiger partial charge >= 0.3 is 0 Å². The number of benzene rings is 1. The van der Waals surface area contributed by atoms with Gasteiger partial charge in [-0.25, -0.2) is 8.78 Å². The zero-order chi connectivity index (χ0) is 22.6. The van der Waals surface area contributed by atoms with Crippen LogP contribution in [0.15, 0.2) is 18.2 Å². The summed E-state index contributed by atoms with van der Waals surface area (Å²) in [5.74, 6) is -2.81. The maximum Gasteiger partial charge on any atom is 0.220 e. The van der Waals surface area contributed by atoms with Gasteiger partial charge in [0.25, 0.3) is 0 Å². The van der Waals surface area contributed by atoms with E-state index in [9.17, 15) is 23.5 Å². The van der Waals surface area contributed by atoms with Crippen molar-refractivity contribution in [1.29, 1.82) is 0 Å². The minimum absolute atomic E-state index is 0.119. The van der Waals surface area contributed by atoms with Crippen molar-refractivity contribution in [1.82, 2.24) is 5.32 Å². The zero-order valence-electron chi connectivity index (χ0n) is 18.5. The molecule has 1 unspecified atom stereocenters. The van der Waals surface area contributed by atoms with Crippen molar-refractivity contribution in [2.75, 3.05) is 27.7 Å². The largest absolute Gasteiger partial charge is 0.550 e. The molecular formula is C23H36F2N2O3. The molecule has 1 atom stereocenters. The molecule has 1 aromatic rings. The molecule has 0 aliphatic rings. The summed E-state index contributed by atoms with van der Waals surface area (Å²) in [6.07, 6.45) is 7.34. The number of quaternary nitrogens is 1. The molecule has 1 N–H and O–H groups in total. The van der Waals surface area contributed by atoms with Gasteiger partial charge in [0.15, 0.2) is 11.6 Å². The highest BCUT2D eigenvalue weighted by Gasteiger charge is 2.20. The van der Waals surface area contributed by atoms with E-state index in [1.54, 1.807) is 6.07 Å². The number of carboxylic acid groups (broad SMARTS) is 1. The number of amides is 1. The van der Waals surface area contributed by atoms with Gasteiger partial charge in [-0.2, -0.15) is 0 Å². The quantitative estimate of drug-likeness (QED) is 0.346. The van der Waals surface area contributed by atoms with Crippen molar-refractivity contribution in [2.24, 2.45) is 0 Å². The number of likely N-dealkylation sites (N-methyl/N-ethyl adjacent to an activating group) is 1. The lowest BCUT2D eigenvalue weighted by Crippen LogP contribution is -2.50. The maximum atomic E-state index is 13.6. The number of halogens is 2. The van der Waals surface area contributed by atoms with Crippen molar-refractivity contribution in [2.45, 2.75) is 70.3 Å². The number of nitrogens with zero attached hydrogens (tertiary/aromatic N) is 1. The van der Waals surface area contributed by atoms with E-state index in [1.165, 1.54) is 6.07 Å². The SMILES string of the molecule is C[N+](C)(C)CC(CC(=O)[O-])NC(=O)CCCCCCCCCc1cccc(F)c1F. The van der Waals surface area contributed by atoms with Crippen LogP contribution < -0.4 is 10.4 Å². The molecule has 0 aliphatic heterocycles. The monoisotopic (exact) mass is 426 g/mol. The third-order valence-electron chi connectivity index (χ3n) is 4.93. The van der Waals surface area contributed by atoms with E-state index in [1.807, 2.05) is 21.1 Å². The first kappa shape index (κ1) is 26.0. The van der Waals surface area contributed by atoms with Crippen LogP contribution in [-0.4, -0.2) is 50.1 Å². The molecular weight excluding hydrogens is 390 g/mol. The summed E-state index contributed by atoms with van der Waals surface area (Å²) in [6.45, 7) is 0.527. The summed E-state index contributed by atoms with van der Waals surface area (Å²) < 4.78 is 27.3. The van der Waals surface area contributed by atoms with Crippen molar-refractivity contribution in [3.05, 3.63) is 35.4 Å². The van der Waals surface area contributed by atoms with Crippen LogP contribution in [0.3, 0.4) is 0 Å². The van der Waals surface area contributed by atoms with Crippen molar-refractivity contribution >= 4 is 11.9 Å². The Hall–Kier alpha value is -2.02. The Kier molecular flexibility index (Phi) is 11.5. The smallest absolute Gasteiger partial charge is 0.220 e. The van der Waals surface area contributed by atoms with E-state index in [0.717, 1.165) is 51.0 Å². The van der Waals surface area contributed by atoms with Crippen LogP contribution in [0, 0.1) is 11.6 Å². The highest BCUT2D eigenvalue weighted by atomic mass is 19.2. The second kappa shape index (κ2) is 13.3. The lowest BCUT2D eigenvalue weighted by Gasteiger charge is -2.30. The minimum Gasteiger partial charge on any atom is -0.550 e. The van der Waals surface area contributed by atoms with E-state index in [4.69, 9.17) is 0 Å². The third kappa shape index (κ3) is 11.9. The average molecular weight is 427 g/mol. The lowest BCUT2D eigenvalue weighted by molar-refractivity contribution is -0.871. The van der Waals surface area contributed by atoms with Crippen LogP contribution in [0.5, 0.6) is 0 Å². The van der Waals surface area contributed by atoms with E-state index in [0.29, 0.717) is 29.4 Å². The number of carbonyl (C=O) groups is 2. The molecule has 0 saturated carbocycles. The Morgan fingerprint density at radius 1 is 1.00 bits per heavy atom. The van der Waals surface area contributed by atoms with Gasteiger partial charge in [0, 0.05) is 18.8 Å². The summed E-state index contributed by atoms with van der Waals surface area (Å²) in [4.78, 5) is 23.0. The molecule has 1 aromatic carbocycles. The highest BCUT2D eigenvalue weighted by Crippen LogP contribution is 2.16. The molecule has 7 heteroatoms. The first-order valence-electron chi connectivity index (χ1n) is 10.8. The van der Waals surface area contributed by atoms with E-state index >= 15 is 0 Å². The third-order valence-corrected chi connectivity index (χ3v) is 4.93. The van der Waals surface area contributed by atoms with Gasteiger partial charge < -0.3 is 19.7 Å². The molecule has 170 valence electrons. The number of carbonyl (C=O) groups excluding carboxylic acids is 2. The minimum atomic E-state index is -1.16. The fourth-order valence-electron chi connectivity index (χ4n) is 3.55. The molecule has 1 rings (SSSR count). The van der Waals surface area contributed by atoms with Crippen LogP contribution in [0.2, 0.25) is 0 Å². The van der Waals surface area contributed by atoms with Crippen molar-refractivity contribution < 1.29 is 28.0 Å². The van der Waals surface area contributed by atoms with Gasteiger partial charge in [-0.1, -0.05) is 44.2 Å². The Morgan fingerprint density at radius 3 is 2.20 bits per heavy atom. The lowest BCUT2D eigenvalue weighted by atomic mass is 10.0. The summed E-state index contributed by atoms with van der Waals surface area (Å²) in [6, 6.07) is 3.87. The van der Waals surface area contributed by atoms with Crippen LogP contribution in [0.1, 0.15) is 63.4 Å². The number of aryl methyl sites for hydroxylation is 1. The number of unbranched alkanes of at least 4 members (excludes halogenated alkanes) is 6. The number of hydrogen-bond donors (Lipinski definition) is 1. The average Bonchev–Trinajstić information content (AvgIpc) is 2.61. The van der Waals surface area contributed by atoms with Crippen LogP contribution in [0.25, 0.3) is 0 Å². The fourth-order valence-corrected chi connectivity index (χ4v) is 3.55. The molecule has 5 nitrogen and oxygen atoms in total. The fraction of sp³-hybridized carbons (Fsp3) is 0.652. The first-order valence-corrected chi connectivity index (χ1v) is 10.8. The van der Waals surface area contributed by atoms with Crippen LogP contribution in [-0.2, 0) is 16.0 Å². The predicted octanol–water partition coefficient (Wildman–Crippen LogP) is 2.96. The van der Waals surface area contributed by atoms with Gasteiger partial charge in [-0.3, -0.25) is 4.79 Å². The second-order valence-corrected chi connectivity index (χ2v) is 9.00. The summed E-state index contributed by atoms with van der Waals surface area (Å²) >= 11 is 0. The van der Waals surface area contributed by atoms with Crippen LogP contribution >= 0.6 is 0 Å². The maximum absolute atomic E-state index is 13.6. The molecule has 0 radical (unpaired) electrons. The highest BCUT2D eigenvalue weighted by molar-refractivity contribution is 5.77. The van der Waals surface area contributed by atoms with Gasteiger partial charge in [0.05, 0.1) is 33.7 Å². The number of hydrogen-bond acceptors (Lipinski definition) is 3. The molecule has 30 heavy (non-hydrogen) atoms. The zero-order valence-corrected chi connectivity index (χ0v) is 18.5. The van der Waals surface area contributed by atoms with E-state index in [2.05, 4.69) is 5.32 Å². The van der Waals surface area contributed by atoms with Crippen molar-refractivity contribution in [3.63, 3.8) is 0 Å². The predicted molar refractivity (Wildman–Crippen MR) is 111 cm³/mol. The molecule has 0 aliphatic carbocycles.